The van der Waals surface area contributed by atoms with E-state index in [9.17, 15) is 14.4 Å². The van der Waals surface area contributed by atoms with Crippen molar-refractivity contribution in [1.82, 2.24) is 0 Å². The zero-order valence-corrected chi connectivity index (χ0v) is 32.6. The Bertz CT molecular complexity index is 1590. The van der Waals surface area contributed by atoms with E-state index in [0.29, 0.717) is 59.1 Å². The summed E-state index contributed by atoms with van der Waals surface area (Å²) in [6, 6.07) is 5.48. The van der Waals surface area contributed by atoms with Gasteiger partial charge in [0.25, 0.3) is 0 Å². The predicted molar refractivity (Wildman–Crippen MR) is 195 cm³/mol. The van der Waals surface area contributed by atoms with Crippen LogP contribution in [0.1, 0.15) is 99.9 Å². The first-order chi connectivity index (χ1) is 24.6. The summed E-state index contributed by atoms with van der Waals surface area (Å²) in [5, 5.41) is 0. The number of hydrogen-bond acceptors (Lipinski definition) is 12. The smallest absolute Gasteiger partial charge is 0.331 e. The number of rotatable bonds is 20. The SMILES string of the molecule is COC(=O)COC(C)(C)CCC/C(C)=C\Cc1c([C@@H]2CC(=O)c3c(cc(OC)c(CCC(C)(C)OCC(=O)OC)c3OC)O2)ccc(OC)c1OC. The van der Waals surface area contributed by atoms with Crippen LogP contribution < -0.4 is 23.7 Å². The van der Waals surface area contributed by atoms with Crippen LogP contribution in [0.25, 0.3) is 0 Å². The minimum absolute atomic E-state index is 0.0781. The second-order valence-electron chi connectivity index (χ2n) is 13.9. The second-order valence-corrected chi connectivity index (χ2v) is 13.9. The van der Waals surface area contributed by atoms with E-state index < -0.39 is 29.2 Å². The van der Waals surface area contributed by atoms with Crippen LogP contribution >= 0.6 is 0 Å². The summed E-state index contributed by atoms with van der Waals surface area (Å²) in [5.74, 6) is 1.43. The number of fused-ring (bicyclic) bond motifs is 1. The summed E-state index contributed by atoms with van der Waals surface area (Å²) in [5.41, 5.74) is 2.77. The molecule has 0 fully saturated rings. The van der Waals surface area contributed by atoms with Gasteiger partial charge in [-0.15, -0.1) is 0 Å². The molecule has 2 aromatic carbocycles. The molecule has 1 atom stereocenters. The molecule has 12 heteroatoms. The quantitative estimate of drug-likeness (QED) is 0.103. The number of methoxy groups -OCH3 is 6. The average molecular weight is 729 g/mol. The van der Waals surface area contributed by atoms with Crippen molar-refractivity contribution in [2.45, 2.75) is 96.9 Å². The van der Waals surface area contributed by atoms with E-state index in [4.69, 9.17) is 37.9 Å². The van der Waals surface area contributed by atoms with Crippen molar-refractivity contribution < 1.29 is 57.0 Å². The van der Waals surface area contributed by atoms with E-state index >= 15 is 0 Å². The Hall–Kier alpha value is -4.29. The van der Waals surface area contributed by atoms with E-state index in [1.807, 2.05) is 39.8 Å². The highest BCUT2D eigenvalue weighted by molar-refractivity contribution is 6.03. The molecule has 3 rings (SSSR count). The normalized spacial score (nSPS) is 14.6. The molecular weight excluding hydrogens is 672 g/mol. The van der Waals surface area contributed by atoms with Crippen LogP contribution in [0.4, 0.5) is 0 Å². The van der Waals surface area contributed by atoms with Gasteiger partial charge in [0, 0.05) is 22.8 Å². The summed E-state index contributed by atoms with van der Waals surface area (Å²) in [7, 11) is 8.92. The summed E-state index contributed by atoms with van der Waals surface area (Å²) in [6.07, 6.45) is 5.55. The molecule has 12 nitrogen and oxygen atoms in total. The Labute approximate surface area is 308 Å². The maximum atomic E-state index is 14.0. The molecule has 0 radical (unpaired) electrons. The first-order valence-electron chi connectivity index (χ1n) is 17.4. The van der Waals surface area contributed by atoms with Gasteiger partial charge in [0.15, 0.2) is 17.3 Å². The van der Waals surface area contributed by atoms with Crippen molar-refractivity contribution in [2.24, 2.45) is 0 Å². The van der Waals surface area contributed by atoms with Crippen LogP contribution in [0.5, 0.6) is 28.7 Å². The van der Waals surface area contributed by atoms with Crippen LogP contribution in [0.2, 0.25) is 0 Å². The number of ether oxygens (including phenoxy) is 9. The number of carbonyl (C=O) groups is 3. The summed E-state index contributed by atoms with van der Waals surface area (Å²) in [4.78, 5) is 37.2. The molecule has 1 aliphatic rings. The van der Waals surface area contributed by atoms with Gasteiger partial charge in [-0.05, 0) is 79.2 Å². The lowest BCUT2D eigenvalue weighted by molar-refractivity contribution is -0.152. The first-order valence-corrected chi connectivity index (χ1v) is 17.4. The lowest BCUT2D eigenvalue weighted by atomic mass is 9.88. The standard InChI is InChI=1S/C40H56O12/c1-25(13-12-19-39(2,3)50-23-34(42)46-8)14-15-27-26(16-17-30(44-6)37(27)48-10)32-21-29(41)36-33(52-32)22-31(45-7)28(38(36)49-11)18-20-40(4,5)51-24-35(43)47-9/h14,16-17,22,32H,12-13,15,18-21,23-24H2,1-11H3/b25-14-/t32-/m0/s1. The van der Waals surface area contributed by atoms with Crippen LogP contribution in [-0.2, 0) is 41.4 Å². The minimum Gasteiger partial charge on any atom is -0.496 e. The average Bonchev–Trinajstić information content (AvgIpc) is 3.12. The van der Waals surface area contributed by atoms with E-state index in [1.54, 1.807) is 27.4 Å². The number of Topliss-reactive ketones (excluding diaryl/α,β-unsaturated/α-hetero) is 1. The van der Waals surface area contributed by atoms with Gasteiger partial charge < -0.3 is 42.6 Å². The van der Waals surface area contributed by atoms with E-state index in [-0.39, 0.29) is 25.4 Å². The zero-order valence-electron chi connectivity index (χ0n) is 32.6. The number of hydrogen-bond donors (Lipinski definition) is 0. The van der Waals surface area contributed by atoms with Gasteiger partial charge in [0.1, 0.15) is 42.1 Å². The Morgan fingerprint density at radius 2 is 1.40 bits per heavy atom. The lowest BCUT2D eigenvalue weighted by Crippen LogP contribution is -2.29. The van der Waals surface area contributed by atoms with Gasteiger partial charge in [0.2, 0.25) is 0 Å². The van der Waals surface area contributed by atoms with Gasteiger partial charge in [-0.3, -0.25) is 4.79 Å². The fourth-order valence-electron chi connectivity index (χ4n) is 6.18. The molecular formula is C40H56O12. The molecule has 0 aromatic heterocycles. The minimum atomic E-state index is -0.668. The molecule has 1 aliphatic heterocycles. The topological polar surface area (TPSA) is 134 Å². The molecule has 0 unspecified atom stereocenters. The van der Waals surface area contributed by atoms with Gasteiger partial charge >= 0.3 is 11.9 Å². The number of carbonyl (C=O) groups excluding carboxylic acids is 3. The van der Waals surface area contributed by atoms with Gasteiger partial charge in [-0.1, -0.05) is 17.7 Å². The number of allylic oxidation sites excluding steroid dienone is 2. The Morgan fingerprint density at radius 3 is 1.96 bits per heavy atom. The highest BCUT2D eigenvalue weighted by atomic mass is 16.6. The number of benzene rings is 2. The van der Waals surface area contributed by atoms with E-state index in [2.05, 4.69) is 17.7 Å². The van der Waals surface area contributed by atoms with Crippen LogP contribution in [-0.4, -0.2) is 84.8 Å². The van der Waals surface area contributed by atoms with Gasteiger partial charge in [-0.2, -0.15) is 0 Å². The summed E-state index contributed by atoms with van der Waals surface area (Å²) in [6.45, 7) is 9.52. The number of ketones is 1. The second kappa shape index (κ2) is 19.0. The maximum absolute atomic E-state index is 14.0. The maximum Gasteiger partial charge on any atom is 0.331 e. The lowest BCUT2D eigenvalue weighted by Gasteiger charge is -2.31. The molecule has 0 aliphatic carbocycles. The zero-order chi connectivity index (χ0) is 38.6. The first kappa shape index (κ1) is 42.1. The Kier molecular flexibility index (Phi) is 15.4. The van der Waals surface area contributed by atoms with Gasteiger partial charge in [0.05, 0.1) is 60.3 Å². The van der Waals surface area contributed by atoms with Crippen molar-refractivity contribution in [3.63, 3.8) is 0 Å². The Balaban J connectivity index is 1.89. The molecule has 2 aromatic rings. The summed E-state index contributed by atoms with van der Waals surface area (Å²) >= 11 is 0. The third-order valence-electron chi connectivity index (χ3n) is 9.28. The molecule has 0 N–H and O–H groups in total. The van der Waals surface area contributed by atoms with Crippen molar-refractivity contribution in [3.05, 3.63) is 52.1 Å². The molecule has 52 heavy (non-hydrogen) atoms. The molecule has 0 saturated carbocycles. The van der Waals surface area contributed by atoms with Crippen LogP contribution in [0.3, 0.4) is 0 Å². The fourth-order valence-corrected chi connectivity index (χ4v) is 6.18. The highest BCUT2D eigenvalue weighted by Crippen LogP contribution is 2.48. The molecule has 1 heterocycles. The van der Waals surface area contributed by atoms with Crippen molar-refractivity contribution in [2.75, 3.05) is 55.9 Å². The predicted octanol–water partition coefficient (Wildman–Crippen LogP) is 6.96. The van der Waals surface area contributed by atoms with Gasteiger partial charge in [-0.25, -0.2) is 9.59 Å². The Morgan fingerprint density at radius 1 is 0.808 bits per heavy atom. The van der Waals surface area contributed by atoms with Crippen molar-refractivity contribution in [1.29, 1.82) is 0 Å². The van der Waals surface area contributed by atoms with E-state index in [1.165, 1.54) is 26.9 Å². The van der Waals surface area contributed by atoms with Crippen LogP contribution in [0, 0.1) is 0 Å². The summed E-state index contributed by atoms with van der Waals surface area (Å²) < 4.78 is 50.7. The fraction of sp³-hybridized carbons (Fsp3) is 0.575. The molecule has 0 spiro atoms. The van der Waals surface area contributed by atoms with Crippen molar-refractivity contribution >= 4 is 17.7 Å². The van der Waals surface area contributed by atoms with E-state index in [0.717, 1.165) is 30.4 Å². The third-order valence-corrected chi connectivity index (χ3v) is 9.28. The van der Waals surface area contributed by atoms with Crippen LogP contribution in [0.15, 0.2) is 29.8 Å². The molecule has 0 saturated heterocycles. The molecule has 0 amide bonds. The highest BCUT2D eigenvalue weighted by Gasteiger charge is 2.36. The molecule has 0 bridgehead atoms. The number of esters is 2. The monoisotopic (exact) mass is 728 g/mol. The largest absolute Gasteiger partial charge is 0.496 e. The van der Waals surface area contributed by atoms with Crippen molar-refractivity contribution in [3.8, 4) is 28.7 Å². The third kappa shape index (κ3) is 11.1. The molecule has 288 valence electrons.